The summed E-state index contributed by atoms with van der Waals surface area (Å²) in [5.74, 6) is -1.08. The summed E-state index contributed by atoms with van der Waals surface area (Å²) >= 11 is 6.12. The summed E-state index contributed by atoms with van der Waals surface area (Å²) in [5, 5.41) is 4.36. The van der Waals surface area contributed by atoms with Crippen molar-refractivity contribution in [2.24, 2.45) is 0 Å². The van der Waals surface area contributed by atoms with Crippen molar-refractivity contribution in [1.29, 1.82) is 0 Å². The summed E-state index contributed by atoms with van der Waals surface area (Å²) in [6, 6.07) is 13.8. The van der Waals surface area contributed by atoms with Gasteiger partial charge in [-0.1, -0.05) is 41.0 Å². The predicted molar refractivity (Wildman–Crippen MR) is 116 cm³/mol. The summed E-state index contributed by atoms with van der Waals surface area (Å²) in [6.45, 7) is 4.24. The number of carbonyl (C=O) groups is 1. The molecule has 8 nitrogen and oxygen atoms in total. The molecule has 1 aromatic heterocycles. The molecule has 1 aliphatic heterocycles. The maximum Gasteiger partial charge on any atom is 0.316 e. The number of carbonyl (C=O) groups excluding carboxylic acids is 1. The second-order valence-electron chi connectivity index (χ2n) is 7.30. The first-order valence-electron chi connectivity index (χ1n) is 9.74. The number of hydrogen-bond donors (Lipinski definition) is 0. The van der Waals surface area contributed by atoms with E-state index in [1.54, 1.807) is 23.1 Å². The fraction of sp³-hybridized carbons (Fsp3) is 0.286. The van der Waals surface area contributed by atoms with Crippen molar-refractivity contribution in [2.45, 2.75) is 17.6 Å². The summed E-state index contributed by atoms with van der Waals surface area (Å²) in [5.41, 5.74) is 2.16. The molecular weight excluding hydrogens is 440 g/mol. The van der Waals surface area contributed by atoms with Crippen molar-refractivity contribution in [3.8, 4) is 0 Å². The molecule has 1 saturated heterocycles. The lowest BCUT2D eigenvalue weighted by Crippen LogP contribution is -2.49. The van der Waals surface area contributed by atoms with E-state index in [2.05, 4.69) is 15.0 Å². The van der Waals surface area contributed by atoms with E-state index in [1.807, 2.05) is 25.1 Å². The van der Waals surface area contributed by atoms with Gasteiger partial charge in [-0.3, -0.25) is 4.79 Å². The van der Waals surface area contributed by atoms with Gasteiger partial charge in [0.1, 0.15) is 5.75 Å². The Kier molecular flexibility index (Phi) is 5.97. The number of halogens is 1. The number of aryl methyl sites for hydroxylation is 1. The normalized spacial score (nSPS) is 14.6. The van der Waals surface area contributed by atoms with Crippen LogP contribution in [-0.4, -0.2) is 55.5 Å². The van der Waals surface area contributed by atoms with Gasteiger partial charge in [-0.05, 0) is 36.8 Å². The predicted octanol–water partition coefficient (Wildman–Crippen LogP) is 2.97. The molecule has 1 amide bonds. The quantitative estimate of drug-likeness (QED) is 0.577. The van der Waals surface area contributed by atoms with E-state index in [1.165, 1.54) is 12.1 Å². The first kappa shape index (κ1) is 21.3. The zero-order chi connectivity index (χ0) is 22.0. The minimum absolute atomic E-state index is 0.0413. The van der Waals surface area contributed by atoms with E-state index >= 15 is 0 Å². The lowest BCUT2D eigenvalue weighted by atomic mass is 10.1. The minimum atomic E-state index is -3.62. The van der Waals surface area contributed by atoms with E-state index in [-0.39, 0.29) is 16.6 Å². The summed E-state index contributed by atoms with van der Waals surface area (Å²) < 4.78 is 30.0. The van der Waals surface area contributed by atoms with Crippen LogP contribution >= 0.6 is 11.6 Å². The van der Waals surface area contributed by atoms with Gasteiger partial charge in [0.2, 0.25) is 0 Å². The Bertz CT molecular complexity index is 1190. The van der Waals surface area contributed by atoms with E-state index in [4.69, 9.17) is 16.1 Å². The van der Waals surface area contributed by atoms with Gasteiger partial charge in [0, 0.05) is 36.9 Å². The van der Waals surface area contributed by atoms with Crippen LogP contribution in [-0.2, 0) is 15.6 Å². The molecule has 10 heteroatoms. The van der Waals surface area contributed by atoms with Gasteiger partial charge < -0.3 is 14.3 Å². The number of sulfone groups is 1. The smallest absolute Gasteiger partial charge is 0.316 e. The standard InChI is InChI=1S/C21H21ClN4O4S/c1-15-7-8-16(22)13-18(15)25-9-11-26(12-10-25)21(27)20-23-19(24-30-20)14-31(28,29)17-5-3-2-4-6-17/h2-8,13H,9-12,14H2,1H3. The average Bonchev–Trinajstić information content (AvgIpc) is 3.23. The van der Waals surface area contributed by atoms with E-state index < -0.39 is 21.5 Å². The molecule has 0 saturated carbocycles. The van der Waals surface area contributed by atoms with Crippen LogP contribution in [0.3, 0.4) is 0 Å². The van der Waals surface area contributed by atoms with Crippen LogP contribution in [0.25, 0.3) is 0 Å². The number of piperazine rings is 1. The molecular formula is C21H21ClN4O4S. The number of anilines is 1. The largest absolute Gasteiger partial charge is 0.368 e. The maximum absolute atomic E-state index is 12.8. The van der Waals surface area contributed by atoms with E-state index in [0.717, 1.165) is 11.3 Å². The molecule has 0 unspecified atom stereocenters. The van der Waals surface area contributed by atoms with Crippen LogP contribution in [0.1, 0.15) is 22.1 Å². The first-order chi connectivity index (χ1) is 14.8. The van der Waals surface area contributed by atoms with Gasteiger partial charge >= 0.3 is 11.8 Å². The Morgan fingerprint density at radius 1 is 1.10 bits per heavy atom. The van der Waals surface area contributed by atoms with Crippen LogP contribution in [0.2, 0.25) is 5.02 Å². The van der Waals surface area contributed by atoms with Crippen molar-refractivity contribution in [1.82, 2.24) is 15.0 Å². The third kappa shape index (κ3) is 4.72. The fourth-order valence-corrected chi connectivity index (χ4v) is 4.85. The molecule has 0 aliphatic carbocycles. The van der Waals surface area contributed by atoms with Crippen molar-refractivity contribution in [2.75, 3.05) is 31.1 Å². The summed E-state index contributed by atoms with van der Waals surface area (Å²) in [7, 11) is -3.62. The van der Waals surface area contributed by atoms with Gasteiger partial charge in [-0.15, -0.1) is 0 Å². The molecule has 0 radical (unpaired) electrons. The monoisotopic (exact) mass is 460 g/mol. The van der Waals surface area contributed by atoms with Crippen LogP contribution in [0.4, 0.5) is 5.69 Å². The SMILES string of the molecule is Cc1ccc(Cl)cc1N1CCN(C(=O)c2nc(CS(=O)(=O)c3ccccc3)no2)CC1. The van der Waals surface area contributed by atoms with E-state index in [9.17, 15) is 13.2 Å². The van der Waals surface area contributed by atoms with Crippen molar-refractivity contribution in [3.05, 3.63) is 70.8 Å². The Hall–Kier alpha value is -2.91. The lowest BCUT2D eigenvalue weighted by Gasteiger charge is -2.36. The Morgan fingerprint density at radius 3 is 2.52 bits per heavy atom. The molecule has 1 aliphatic rings. The highest BCUT2D eigenvalue weighted by Crippen LogP contribution is 2.25. The summed E-state index contributed by atoms with van der Waals surface area (Å²) in [4.78, 5) is 20.7. The topological polar surface area (TPSA) is 96.6 Å². The van der Waals surface area contributed by atoms with Crippen LogP contribution in [0, 0.1) is 6.92 Å². The molecule has 2 heterocycles. The zero-order valence-corrected chi connectivity index (χ0v) is 18.4. The van der Waals surface area contributed by atoms with Crippen LogP contribution in [0.15, 0.2) is 57.9 Å². The van der Waals surface area contributed by atoms with E-state index in [0.29, 0.717) is 31.2 Å². The Balaban J connectivity index is 1.40. The molecule has 31 heavy (non-hydrogen) atoms. The summed E-state index contributed by atoms with van der Waals surface area (Å²) in [6.07, 6.45) is 0. The molecule has 4 rings (SSSR count). The molecule has 3 aromatic rings. The number of aromatic nitrogens is 2. The molecule has 2 aromatic carbocycles. The van der Waals surface area contributed by atoms with Crippen molar-refractivity contribution >= 4 is 33.0 Å². The third-order valence-electron chi connectivity index (χ3n) is 5.15. The van der Waals surface area contributed by atoms with Gasteiger partial charge in [-0.25, -0.2) is 8.42 Å². The van der Waals surface area contributed by atoms with Crippen LogP contribution < -0.4 is 4.90 Å². The van der Waals surface area contributed by atoms with Crippen molar-refractivity contribution in [3.63, 3.8) is 0 Å². The average molecular weight is 461 g/mol. The van der Waals surface area contributed by atoms with Gasteiger partial charge in [-0.2, -0.15) is 4.98 Å². The zero-order valence-electron chi connectivity index (χ0n) is 16.9. The number of benzene rings is 2. The highest BCUT2D eigenvalue weighted by atomic mass is 35.5. The second-order valence-corrected chi connectivity index (χ2v) is 9.72. The van der Waals surface area contributed by atoms with Gasteiger partial charge in [0.05, 0.1) is 4.90 Å². The third-order valence-corrected chi connectivity index (χ3v) is 7.01. The van der Waals surface area contributed by atoms with Crippen molar-refractivity contribution < 1.29 is 17.7 Å². The molecule has 0 N–H and O–H groups in total. The molecule has 1 fully saturated rings. The fourth-order valence-electron chi connectivity index (χ4n) is 3.49. The lowest BCUT2D eigenvalue weighted by molar-refractivity contribution is 0.0696. The number of hydrogen-bond acceptors (Lipinski definition) is 7. The Labute approximate surface area is 185 Å². The minimum Gasteiger partial charge on any atom is -0.368 e. The number of nitrogens with zero attached hydrogens (tertiary/aromatic N) is 4. The highest BCUT2D eigenvalue weighted by molar-refractivity contribution is 7.90. The van der Waals surface area contributed by atoms with Gasteiger partial charge in [0.15, 0.2) is 15.7 Å². The molecule has 0 bridgehead atoms. The number of rotatable bonds is 5. The second kappa shape index (κ2) is 8.68. The first-order valence-corrected chi connectivity index (χ1v) is 11.8. The number of amides is 1. The molecule has 0 spiro atoms. The molecule has 162 valence electrons. The highest BCUT2D eigenvalue weighted by Gasteiger charge is 2.28. The molecule has 0 atom stereocenters. The van der Waals surface area contributed by atoms with Gasteiger partial charge in [0.25, 0.3) is 0 Å². The maximum atomic E-state index is 12.8. The Morgan fingerprint density at radius 2 is 1.81 bits per heavy atom. The van der Waals surface area contributed by atoms with Crippen LogP contribution in [0.5, 0.6) is 0 Å².